The van der Waals surface area contributed by atoms with Gasteiger partial charge in [-0.2, -0.15) is 0 Å². The largest absolute Gasteiger partial charge is 0.495 e. The monoisotopic (exact) mass is 366 g/mol. The van der Waals surface area contributed by atoms with Crippen LogP contribution in [0, 0.1) is 5.92 Å². The summed E-state index contributed by atoms with van der Waals surface area (Å²) in [6, 6.07) is 7.84. The first kappa shape index (κ1) is 18.3. The highest BCUT2D eigenvalue weighted by Gasteiger charge is 2.25. The van der Waals surface area contributed by atoms with E-state index in [-0.39, 0.29) is 17.7 Å². The Hall–Kier alpha value is -2.05. The van der Waals surface area contributed by atoms with Crippen LogP contribution in [-0.2, 0) is 4.79 Å². The fourth-order valence-corrected chi connectivity index (χ4v) is 3.00. The molecule has 0 aliphatic rings. The minimum absolute atomic E-state index is 0.0670. The van der Waals surface area contributed by atoms with Crippen molar-refractivity contribution in [2.45, 2.75) is 19.9 Å². The summed E-state index contributed by atoms with van der Waals surface area (Å²) in [6.45, 7) is 3.75. The fourth-order valence-electron chi connectivity index (χ4n) is 2.12. The zero-order chi connectivity index (χ0) is 17.7. The van der Waals surface area contributed by atoms with Gasteiger partial charge < -0.3 is 15.4 Å². The molecule has 0 fully saturated rings. The van der Waals surface area contributed by atoms with Gasteiger partial charge in [0.1, 0.15) is 11.8 Å². The Bertz CT molecular complexity index is 717. The molecule has 0 bridgehead atoms. The van der Waals surface area contributed by atoms with Gasteiger partial charge in [-0.3, -0.25) is 9.59 Å². The molecule has 1 atom stereocenters. The molecule has 24 heavy (non-hydrogen) atoms. The third kappa shape index (κ3) is 4.49. The average molecular weight is 367 g/mol. The van der Waals surface area contributed by atoms with Crippen molar-refractivity contribution in [1.82, 2.24) is 5.32 Å². The molecule has 0 aliphatic carbocycles. The van der Waals surface area contributed by atoms with Gasteiger partial charge in [0.05, 0.1) is 17.0 Å². The first-order chi connectivity index (χ1) is 11.4. The van der Waals surface area contributed by atoms with Crippen molar-refractivity contribution in [2.24, 2.45) is 5.92 Å². The second-order valence-electron chi connectivity index (χ2n) is 5.51. The van der Waals surface area contributed by atoms with Crippen LogP contribution in [0.2, 0.25) is 5.02 Å². The van der Waals surface area contributed by atoms with Crippen LogP contribution < -0.4 is 15.4 Å². The van der Waals surface area contributed by atoms with Crippen molar-refractivity contribution in [3.63, 3.8) is 0 Å². The topological polar surface area (TPSA) is 67.4 Å². The lowest BCUT2D eigenvalue weighted by Gasteiger charge is -2.21. The standard InChI is InChI=1S/C17H19ClN2O3S/c1-10(2)15(20-16(21)14-5-4-8-24-14)17(22)19-11-6-7-13(23-3)12(18)9-11/h4-10,15H,1-3H3,(H,19,22)(H,20,21). The number of carbonyl (C=O) groups excluding carboxylic acids is 2. The first-order valence-corrected chi connectivity index (χ1v) is 8.67. The molecule has 2 rings (SSSR count). The first-order valence-electron chi connectivity index (χ1n) is 7.41. The van der Waals surface area contributed by atoms with Gasteiger partial charge in [-0.15, -0.1) is 11.3 Å². The molecule has 0 aliphatic heterocycles. The Balaban J connectivity index is 2.09. The zero-order valence-electron chi connectivity index (χ0n) is 13.6. The SMILES string of the molecule is COc1ccc(NC(=O)C(NC(=O)c2cccs2)C(C)C)cc1Cl. The van der Waals surface area contributed by atoms with Gasteiger partial charge in [-0.1, -0.05) is 31.5 Å². The highest BCUT2D eigenvalue weighted by Crippen LogP contribution is 2.27. The van der Waals surface area contributed by atoms with E-state index in [0.29, 0.717) is 21.3 Å². The van der Waals surface area contributed by atoms with E-state index in [1.807, 2.05) is 19.2 Å². The van der Waals surface area contributed by atoms with Crippen molar-refractivity contribution in [2.75, 3.05) is 12.4 Å². The number of carbonyl (C=O) groups is 2. The van der Waals surface area contributed by atoms with E-state index in [4.69, 9.17) is 16.3 Å². The number of halogens is 1. The van der Waals surface area contributed by atoms with E-state index in [1.165, 1.54) is 18.4 Å². The Morgan fingerprint density at radius 2 is 2.00 bits per heavy atom. The molecule has 2 amide bonds. The van der Waals surface area contributed by atoms with Crippen LogP contribution in [0.15, 0.2) is 35.7 Å². The number of anilines is 1. The summed E-state index contributed by atoms with van der Waals surface area (Å²) in [5.41, 5.74) is 0.543. The predicted molar refractivity (Wildman–Crippen MR) is 97.0 cm³/mol. The molecular formula is C17H19ClN2O3S. The molecule has 2 N–H and O–H groups in total. The van der Waals surface area contributed by atoms with Gasteiger partial charge in [-0.05, 0) is 35.6 Å². The number of methoxy groups -OCH3 is 1. The smallest absolute Gasteiger partial charge is 0.262 e. The fraction of sp³-hybridized carbons (Fsp3) is 0.294. The van der Waals surface area contributed by atoms with Crippen LogP contribution in [0.1, 0.15) is 23.5 Å². The molecule has 0 radical (unpaired) electrons. The number of rotatable bonds is 6. The van der Waals surface area contributed by atoms with Gasteiger partial charge in [0.15, 0.2) is 0 Å². The summed E-state index contributed by atoms with van der Waals surface area (Å²) < 4.78 is 5.08. The van der Waals surface area contributed by atoms with Crippen molar-refractivity contribution in [1.29, 1.82) is 0 Å². The number of ether oxygens (including phenoxy) is 1. The highest BCUT2D eigenvalue weighted by molar-refractivity contribution is 7.12. The maximum atomic E-state index is 12.5. The number of hydrogen-bond donors (Lipinski definition) is 2. The second-order valence-corrected chi connectivity index (χ2v) is 6.87. The van der Waals surface area contributed by atoms with Crippen molar-refractivity contribution >= 4 is 40.4 Å². The number of benzene rings is 1. The van der Waals surface area contributed by atoms with Crippen molar-refractivity contribution in [3.8, 4) is 5.75 Å². The number of hydrogen-bond acceptors (Lipinski definition) is 4. The van der Waals surface area contributed by atoms with E-state index >= 15 is 0 Å². The molecule has 7 heteroatoms. The van der Waals surface area contributed by atoms with Crippen LogP contribution in [-0.4, -0.2) is 25.0 Å². The van der Waals surface area contributed by atoms with Gasteiger partial charge in [0, 0.05) is 5.69 Å². The van der Waals surface area contributed by atoms with Crippen LogP contribution in [0.5, 0.6) is 5.75 Å². The van der Waals surface area contributed by atoms with E-state index in [0.717, 1.165) is 0 Å². The van der Waals surface area contributed by atoms with Crippen LogP contribution in [0.3, 0.4) is 0 Å². The highest BCUT2D eigenvalue weighted by atomic mass is 35.5. The molecule has 128 valence electrons. The van der Waals surface area contributed by atoms with Gasteiger partial charge in [0.25, 0.3) is 5.91 Å². The maximum Gasteiger partial charge on any atom is 0.262 e. The molecular weight excluding hydrogens is 348 g/mol. The Morgan fingerprint density at radius 1 is 1.25 bits per heavy atom. The number of thiophene rings is 1. The molecule has 0 saturated carbocycles. The van der Waals surface area contributed by atoms with Crippen LogP contribution in [0.25, 0.3) is 0 Å². The molecule has 1 aromatic carbocycles. The van der Waals surface area contributed by atoms with E-state index in [1.54, 1.807) is 30.3 Å². The zero-order valence-corrected chi connectivity index (χ0v) is 15.2. The Morgan fingerprint density at radius 3 is 2.54 bits per heavy atom. The lowest BCUT2D eigenvalue weighted by molar-refractivity contribution is -0.118. The summed E-state index contributed by atoms with van der Waals surface area (Å²) >= 11 is 7.39. The molecule has 1 aromatic heterocycles. The van der Waals surface area contributed by atoms with Crippen LogP contribution in [0.4, 0.5) is 5.69 Å². The maximum absolute atomic E-state index is 12.5. The molecule has 0 spiro atoms. The quantitative estimate of drug-likeness (QED) is 0.817. The van der Waals surface area contributed by atoms with Gasteiger partial charge in [-0.25, -0.2) is 0 Å². The summed E-state index contributed by atoms with van der Waals surface area (Å²) in [7, 11) is 1.52. The normalized spacial score (nSPS) is 11.9. The number of amides is 2. The third-order valence-corrected chi connectivity index (χ3v) is 4.56. The lowest BCUT2D eigenvalue weighted by Crippen LogP contribution is -2.46. The van der Waals surface area contributed by atoms with Crippen LogP contribution >= 0.6 is 22.9 Å². The minimum Gasteiger partial charge on any atom is -0.495 e. The summed E-state index contributed by atoms with van der Waals surface area (Å²) in [5, 5.41) is 7.77. The summed E-state index contributed by atoms with van der Waals surface area (Å²) in [4.78, 5) is 25.3. The van der Waals surface area contributed by atoms with E-state index < -0.39 is 6.04 Å². The molecule has 0 saturated heterocycles. The van der Waals surface area contributed by atoms with Gasteiger partial charge >= 0.3 is 0 Å². The molecule has 1 unspecified atom stereocenters. The summed E-state index contributed by atoms with van der Waals surface area (Å²) in [6.07, 6.45) is 0. The summed E-state index contributed by atoms with van der Waals surface area (Å²) in [5.74, 6) is -0.0912. The van der Waals surface area contributed by atoms with E-state index in [2.05, 4.69) is 10.6 Å². The van der Waals surface area contributed by atoms with Crippen molar-refractivity contribution < 1.29 is 14.3 Å². The average Bonchev–Trinajstić information content (AvgIpc) is 3.06. The molecule has 2 aromatic rings. The van der Waals surface area contributed by atoms with Gasteiger partial charge in [0.2, 0.25) is 5.91 Å². The Labute approximate surface area is 150 Å². The lowest BCUT2D eigenvalue weighted by atomic mass is 10.0. The second kappa shape index (κ2) is 8.17. The molecule has 1 heterocycles. The number of nitrogens with one attached hydrogen (secondary N) is 2. The third-order valence-electron chi connectivity index (χ3n) is 3.40. The van der Waals surface area contributed by atoms with E-state index in [9.17, 15) is 9.59 Å². The predicted octanol–water partition coefficient (Wildman–Crippen LogP) is 3.80. The molecule has 5 nitrogen and oxygen atoms in total. The Kier molecular flexibility index (Phi) is 6.23. The minimum atomic E-state index is -0.652. The van der Waals surface area contributed by atoms with Crippen molar-refractivity contribution in [3.05, 3.63) is 45.6 Å².